The van der Waals surface area contributed by atoms with Crippen molar-refractivity contribution in [2.24, 2.45) is 0 Å². The Balaban J connectivity index is 1.32. The van der Waals surface area contributed by atoms with Gasteiger partial charge in [-0.3, -0.25) is 9.69 Å². The van der Waals surface area contributed by atoms with Crippen LogP contribution in [0.3, 0.4) is 0 Å². The first-order chi connectivity index (χ1) is 16.3. The molecule has 34 heavy (non-hydrogen) atoms. The Bertz CT molecular complexity index is 1390. The minimum Gasteiger partial charge on any atom is -0.306 e. The molecule has 0 saturated carbocycles. The normalized spacial score (nSPS) is 14.2. The molecule has 174 valence electrons. The Kier molecular flexibility index (Phi) is 5.83. The molecule has 0 amide bonds. The van der Waals surface area contributed by atoms with Gasteiger partial charge in [-0.15, -0.1) is 11.3 Å². The summed E-state index contributed by atoms with van der Waals surface area (Å²) in [7, 11) is 0. The van der Waals surface area contributed by atoms with Gasteiger partial charge in [-0.05, 0) is 30.3 Å². The second kappa shape index (κ2) is 8.81. The predicted molar refractivity (Wildman–Crippen MR) is 123 cm³/mol. The number of alkyl halides is 3. The van der Waals surface area contributed by atoms with Gasteiger partial charge in [0.05, 0.1) is 16.8 Å². The number of halogens is 4. The van der Waals surface area contributed by atoms with Crippen LogP contribution in [-0.2, 0) is 25.7 Å². The van der Waals surface area contributed by atoms with Crippen molar-refractivity contribution >= 4 is 11.3 Å². The van der Waals surface area contributed by atoms with E-state index in [-0.39, 0.29) is 17.2 Å². The molecule has 5 rings (SSSR count). The van der Waals surface area contributed by atoms with E-state index in [4.69, 9.17) is 0 Å². The molecule has 2 aromatic heterocycles. The summed E-state index contributed by atoms with van der Waals surface area (Å²) >= 11 is 1.52. The molecule has 0 aliphatic carbocycles. The topological polar surface area (TPSA) is 49.0 Å². The molecule has 0 saturated heterocycles. The predicted octanol–water partition coefficient (Wildman–Crippen LogP) is 5.88. The fraction of sp³-hybridized carbons (Fsp3) is 0.200. The summed E-state index contributed by atoms with van der Waals surface area (Å²) in [6.45, 7) is 1.72. The van der Waals surface area contributed by atoms with Crippen LogP contribution >= 0.6 is 11.3 Å². The largest absolute Gasteiger partial charge is 0.416 e. The number of aromatic amines is 1. The van der Waals surface area contributed by atoms with Gasteiger partial charge in [0.1, 0.15) is 11.6 Å². The molecule has 0 fully saturated rings. The third kappa shape index (κ3) is 4.53. The second-order valence-electron chi connectivity index (χ2n) is 8.12. The Hall–Kier alpha value is -3.30. The molecule has 0 spiro atoms. The molecular formula is C25H19F4N3OS. The van der Waals surface area contributed by atoms with E-state index >= 15 is 0 Å². The summed E-state index contributed by atoms with van der Waals surface area (Å²) in [5.74, 6) is 0.00275. The number of rotatable bonds is 4. The highest BCUT2D eigenvalue weighted by molar-refractivity contribution is 7.15. The lowest BCUT2D eigenvalue weighted by atomic mass is 10.1. The third-order valence-electron chi connectivity index (χ3n) is 5.81. The molecule has 2 aromatic carbocycles. The highest BCUT2D eigenvalue weighted by Gasteiger charge is 2.30. The maximum atomic E-state index is 14.1. The summed E-state index contributed by atoms with van der Waals surface area (Å²) in [4.78, 5) is 24.1. The molecule has 1 aliphatic heterocycles. The monoisotopic (exact) mass is 485 g/mol. The van der Waals surface area contributed by atoms with Gasteiger partial charge in [-0.25, -0.2) is 9.37 Å². The fourth-order valence-electron chi connectivity index (χ4n) is 4.06. The first-order valence-electron chi connectivity index (χ1n) is 10.6. The zero-order chi connectivity index (χ0) is 23.9. The third-order valence-corrected chi connectivity index (χ3v) is 6.92. The molecule has 4 nitrogen and oxygen atoms in total. The minimum absolute atomic E-state index is 0.260. The van der Waals surface area contributed by atoms with Gasteiger partial charge in [0, 0.05) is 46.9 Å². The van der Waals surface area contributed by atoms with Crippen LogP contribution in [0.2, 0.25) is 0 Å². The second-order valence-corrected chi connectivity index (χ2v) is 9.29. The molecule has 0 unspecified atom stereocenters. The van der Waals surface area contributed by atoms with Gasteiger partial charge >= 0.3 is 6.18 Å². The van der Waals surface area contributed by atoms with E-state index in [1.54, 1.807) is 18.2 Å². The van der Waals surface area contributed by atoms with E-state index in [2.05, 4.69) is 14.9 Å². The van der Waals surface area contributed by atoms with Crippen molar-refractivity contribution in [2.45, 2.75) is 25.7 Å². The summed E-state index contributed by atoms with van der Waals surface area (Å²) in [6.07, 6.45) is -3.87. The zero-order valence-electron chi connectivity index (χ0n) is 17.8. The molecule has 4 aromatic rings. The average molecular weight is 486 g/mol. The smallest absolute Gasteiger partial charge is 0.306 e. The molecular weight excluding hydrogens is 466 g/mol. The van der Waals surface area contributed by atoms with Crippen LogP contribution in [0.15, 0.2) is 65.5 Å². The van der Waals surface area contributed by atoms with Crippen LogP contribution in [0, 0.1) is 5.82 Å². The van der Waals surface area contributed by atoms with E-state index < -0.39 is 11.7 Å². The highest BCUT2D eigenvalue weighted by Crippen LogP contribution is 2.32. The van der Waals surface area contributed by atoms with Crippen LogP contribution in [0.4, 0.5) is 17.6 Å². The van der Waals surface area contributed by atoms with Gasteiger partial charge in [0.2, 0.25) is 0 Å². The number of H-pyrrole nitrogens is 1. The summed E-state index contributed by atoms with van der Waals surface area (Å²) in [6, 6.07) is 15.1. The molecule has 1 aliphatic rings. The van der Waals surface area contributed by atoms with E-state index in [0.29, 0.717) is 48.4 Å². The molecule has 0 bridgehead atoms. The van der Waals surface area contributed by atoms with E-state index in [0.717, 1.165) is 21.9 Å². The van der Waals surface area contributed by atoms with Crippen molar-refractivity contribution < 1.29 is 17.6 Å². The zero-order valence-corrected chi connectivity index (χ0v) is 18.6. The molecule has 0 radical (unpaired) electrons. The van der Waals surface area contributed by atoms with Gasteiger partial charge in [0.15, 0.2) is 0 Å². The molecule has 3 heterocycles. The number of hydrogen-bond acceptors (Lipinski definition) is 4. The van der Waals surface area contributed by atoms with Crippen LogP contribution in [0.25, 0.3) is 21.8 Å². The van der Waals surface area contributed by atoms with Crippen molar-refractivity contribution in [3.8, 4) is 21.8 Å². The van der Waals surface area contributed by atoms with Crippen molar-refractivity contribution in [3.63, 3.8) is 0 Å². The quantitative estimate of drug-likeness (QED) is 0.367. The first-order valence-corrected chi connectivity index (χ1v) is 11.5. The van der Waals surface area contributed by atoms with E-state index in [9.17, 15) is 22.4 Å². The summed E-state index contributed by atoms with van der Waals surface area (Å²) in [5, 5.41) is 0. The van der Waals surface area contributed by atoms with Crippen LogP contribution in [0.5, 0.6) is 0 Å². The highest BCUT2D eigenvalue weighted by atomic mass is 32.1. The van der Waals surface area contributed by atoms with Crippen LogP contribution in [0.1, 0.15) is 21.7 Å². The van der Waals surface area contributed by atoms with E-state index in [1.807, 2.05) is 12.1 Å². The van der Waals surface area contributed by atoms with Gasteiger partial charge in [-0.2, -0.15) is 13.2 Å². The number of benzene rings is 2. The Morgan fingerprint density at radius 3 is 2.53 bits per heavy atom. The van der Waals surface area contributed by atoms with Gasteiger partial charge in [0.25, 0.3) is 5.56 Å². The number of aromatic nitrogens is 2. The standard InChI is InChI=1S/C25H19F4N3OS/c26-20-4-2-1-3-18(20)22-10-9-17(34-22)13-32-12-11-21-19(14-32)24(33)31-23(30-21)15-5-7-16(8-6-15)25(27,28)29/h1-10H,11-14H2,(H,30,31,33). The lowest BCUT2D eigenvalue weighted by Crippen LogP contribution is -2.35. The number of hydrogen-bond donors (Lipinski definition) is 1. The lowest BCUT2D eigenvalue weighted by molar-refractivity contribution is -0.137. The van der Waals surface area contributed by atoms with Crippen LogP contribution < -0.4 is 5.56 Å². The average Bonchev–Trinajstić information content (AvgIpc) is 3.27. The van der Waals surface area contributed by atoms with E-state index in [1.165, 1.54) is 29.5 Å². The van der Waals surface area contributed by atoms with Gasteiger partial charge < -0.3 is 4.98 Å². The maximum Gasteiger partial charge on any atom is 0.416 e. The number of nitrogens with zero attached hydrogens (tertiary/aromatic N) is 2. The summed E-state index contributed by atoms with van der Waals surface area (Å²) < 4.78 is 52.5. The van der Waals surface area contributed by atoms with Crippen molar-refractivity contribution in [2.75, 3.05) is 6.54 Å². The number of fused-ring (bicyclic) bond motifs is 1. The van der Waals surface area contributed by atoms with Gasteiger partial charge in [-0.1, -0.05) is 30.3 Å². The minimum atomic E-state index is -4.42. The lowest BCUT2D eigenvalue weighted by Gasteiger charge is -2.27. The number of nitrogens with one attached hydrogen (secondary N) is 1. The Morgan fingerprint density at radius 2 is 1.79 bits per heavy atom. The summed E-state index contributed by atoms with van der Waals surface area (Å²) in [5.41, 5.74) is 1.18. The molecule has 1 N–H and O–H groups in total. The number of thiophene rings is 1. The first kappa shape index (κ1) is 22.5. The SMILES string of the molecule is O=c1[nH]c(-c2ccc(C(F)(F)F)cc2)nc2c1CN(Cc1ccc(-c3ccccc3F)s1)CC2. The van der Waals surface area contributed by atoms with Crippen molar-refractivity contribution in [1.82, 2.24) is 14.9 Å². The Morgan fingerprint density at radius 1 is 1.03 bits per heavy atom. The molecule has 9 heteroatoms. The van der Waals surface area contributed by atoms with Crippen LogP contribution in [-0.4, -0.2) is 21.4 Å². The van der Waals surface area contributed by atoms with Crippen molar-refractivity contribution in [1.29, 1.82) is 0 Å². The molecule has 0 atom stereocenters. The maximum absolute atomic E-state index is 14.1. The Labute approximate surface area is 196 Å². The fourth-order valence-corrected chi connectivity index (χ4v) is 5.14. The van der Waals surface area contributed by atoms with Crippen molar-refractivity contribution in [3.05, 3.63) is 98.5 Å².